The Labute approximate surface area is 163 Å². The fourth-order valence-electron chi connectivity index (χ4n) is 3.50. The monoisotopic (exact) mass is 386 g/mol. The third kappa shape index (κ3) is 4.19. The van der Waals surface area contributed by atoms with Crippen molar-refractivity contribution < 1.29 is 14.0 Å². The summed E-state index contributed by atoms with van der Waals surface area (Å²) in [5, 5.41) is 3.61. The van der Waals surface area contributed by atoms with Gasteiger partial charge >= 0.3 is 0 Å². The molecule has 27 heavy (non-hydrogen) atoms. The topological polar surface area (TPSA) is 62.6 Å². The van der Waals surface area contributed by atoms with Crippen LogP contribution in [0.2, 0.25) is 5.02 Å². The second-order valence-corrected chi connectivity index (χ2v) is 7.83. The number of carbonyl (C=O) groups is 2. The maximum absolute atomic E-state index is 12.8. The van der Waals surface area contributed by atoms with Gasteiger partial charge in [-0.2, -0.15) is 0 Å². The number of hydrogen-bond donors (Lipinski definition) is 1. The Morgan fingerprint density at radius 2 is 1.96 bits per heavy atom. The van der Waals surface area contributed by atoms with Gasteiger partial charge in [-0.3, -0.25) is 9.59 Å². The Balaban J connectivity index is 1.41. The maximum Gasteiger partial charge on any atom is 0.289 e. The molecule has 0 radical (unpaired) electrons. The highest BCUT2D eigenvalue weighted by Gasteiger charge is 2.31. The number of benzene rings is 1. The Morgan fingerprint density at radius 1 is 1.15 bits per heavy atom. The zero-order chi connectivity index (χ0) is 18.8. The lowest BCUT2D eigenvalue weighted by Gasteiger charge is -2.31. The van der Waals surface area contributed by atoms with Crippen LogP contribution in [0.3, 0.4) is 0 Å². The van der Waals surface area contributed by atoms with E-state index < -0.39 is 0 Å². The van der Waals surface area contributed by atoms with E-state index in [1.807, 2.05) is 18.2 Å². The molecule has 5 nitrogen and oxygen atoms in total. The first-order chi connectivity index (χ1) is 13.1. The summed E-state index contributed by atoms with van der Waals surface area (Å²) in [4.78, 5) is 26.9. The van der Waals surface area contributed by atoms with Crippen LogP contribution in [-0.2, 0) is 4.79 Å². The molecule has 1 saturated heterocycles. The normalized spacial score (nSPS) is 19.7. The third-order valence-corrected chi connectivity index (χ3v) is 5.63. The summed E-state index contributed by atoms with van der Waals surface area (Å²) in [5.41, 5.74) is 0.759. The average molecular weight is 387 g/mol. The van der Waals surface area contributed by atoms with Crippen LogP contribution in [-0.4, -0.2) is 36.3 Å². The zero-order valence-electron chi connectivity index (χ0n) is 15.1. The predicted octanol–water partition coefficient (Wildman–Crippen LogP) is 3.98. The van der Waals surface area contributed by atoms with Crippen LogP contribution < -0.4 is 5.32 Å². The molecule has 2 aliphatic rings. The number of furan rings is 1. The SMILES string of the molecule is O=C(NCC1CC1)[C@H]1CCCN(C(=O)c2ccc(-c3ccccc3Cl)o2)C1. The Morgan fingerprint density at radius 3 is 2.74 bits per heavy atom. The predicted molar refractivity (Wildman–Crippen MR) is 104 cm³/mol. The highest BCUT2D eigenvalue weighted by atomic mass is 35.5. The van der Waals surface area contributed by atoms with Gasteiger partial charge < -0.3 is 14.6 Å². The summed E-state index contributed by atoms with van der Waals surface area (Å²) in [7, 11) is 0. The van der Waals surface area contributed by atoms with Crippen molar-refractivity contribution in [3.05, 3.63) is 47.2 Å². The smallest absolute Gasteiger partial charge is 0.289 e. The average Bonchev–Trinajstić information content (AvgIpc) is 3.40. The minimum atomic E-state index is -0.173. The summed E-state index contributed by atoms with van der Waals surface area (Å²) in [6.07, 6.45) is 4.07. The van der Waals surface area contributed by atoms with E-state index in [2.05, 4.69) is 5.32 Å². The van der Waals surface area contributed by atoms with E-state index >= 15 is 0 Å². The van der Waals surface area contributed by atoms with Crippen LogP contribution in [0.25, 0.3) is 11.3 Å². The first-order valence-electron chi connectivity index (χ1n) is 9.53. The van der Waals surface area contributed by atoms with Gasteiger partial charge in [-0.1, -0.05) is 23.7 Å². The van der Waals surface area contributed by atoms with Gasteiger partial charge in [0, 0.05) is 25.2 Å². The van der Waals surface area contributed by atoms with E-state index in [0.29, 0.717) is 29.8 Å². The number of nitrogens with zero attached hydrogens (tertiary/aromatic N) is 1. The van der Waals surface area contributed by atoms with Gasteiger partial charge in [0.2, 0.25) is 5.91 Å². The van der Waals surface area contributed by atoms with Gasteiger partial charge in [-0.15, -0.1) is 0 Å². The summed E-state index contributed by atoms with van der Waals surface area (Å²) in [6, 6.07) is 10.8. The largest absolute Gasteiger partial charge is 0.451 e. The number of nitrogens with one attached hydrogen (secondary N) is 1. The zero-order valence-corrected chi connectivity index (χ0v) is 15.9. The van der Waals surface area contributed by atoms with Gasteiger partial charge in [-0.25, -0.2) is 0 Å². The van der Waals surface area contributed by atoms with Crippen molar-refractivity contribution in [2.45, 2.75) is 25.7 Å². The molecule has 2 fully saturated rings. The second-order valence-electron chi connectivity index (χ2n) is 7.42. The summed E-state index contributed by atoms with van der Waals surface area (Å²) in [6.45, 7) is 1.85. The molecular weight excluding hydrogens is 364 g/mol. The number of hydrogen-bond acceptors (Lipinski definition) is 3. The Hall–Kier alpha value is -2.27. The molecule has 1 atom stereocenters. The van der Waals surface area contributed by atoms with Crippen molar-refractivity contribution in [2.75, 3.05) is 19.6 Å². The van der Waals surface area contributed by atoms with E-state index in [-0.39, 0.29) is 23.5 Å². The molecule has 1 N–H and O–H groups in total. The quantitative estimate of drug-likeness (QED) is 0.845. The number of amides is 2. The van der Waals surface area contributed by atoms with E-state index in [1.54, 1.807) is 23.1 Å². The van der Waals surface area contributed by atoms with Crippen LogP contribution in [0.4, 0.5) is 0 Å². The number of halogens is 1. The summed E-state index contributed by atoms with van der Waals surface area (Å²) < 4.78 is 5.77. The highest BCUT2D eigenvalue weighted by Crippen LogP contribution is 2.30. The Kier molecular flexibility index (Phi) is 5.21. The molecule has 4 rings (SSSR count). The van der Waals surface area contributed by atoms with Crippen LogP contribution in [0.15, 0.2) is 40.8 Å². The molecule has 1 aromatic carbocycles. The van der Waals surface area contributed by atoms with Gasteiger partial charge in [0.25, 0.3) is 5.91 Å². The molecule has 0 spiro atoms. The highest BCUT2D eigenvalue weighted by molar-refractivity contribution is 6.33. The van der Waals surface area contributed by atoms with Gasteiger partial charge in [0.15, 0.2) is 5.76 Å². The molecule has 1 aromatic heterocycles. The lowest BCUT2D eigenvalue weighted by Crippen LogP contribution is -2.45. The van der Waals surface area contributed by atoms with Crippen molar-refractivity contribution in [1.82, 2.24) is 10.2 Å². The van der Waals surface area contributed by atoms with Crippen molar-refractivity contribution in [1.29, 1.82) is 0 Å². The standard InChI is InChI=1S/C21H23ClN2O3/c22-17-6-2-1-5-16(17)18-9-10-19(27-18)21(26)24-11-3-4-15(13-24)20(25)23-12-14-7-8-14/h1-2,5-6,9-10,14-15H,3-4,7-8,11-13H2,(H,23,25)/t15-/m0/s1. The molecular formula is C21H23ClN2O3. The van der Waals surface area contributed by atoms with Crippen LogP contribution in [0.5, 0.6) is 0 Å². The molecule has 2 heterocycles. The van der Waals surface area contributed by atoms with Gasteiger partial charge in [0.05, 0.1) is 10.9 Å². The number of likely N-dealkylation sites (tertiary alicyclic amines) is 1. The minimum absolute atomic E-state index is 0.0654. The van der Waals surface area contributed by atoms with Crippen molar-refractivity contribution in [3.63, 3.8) is 0 Å². The number of rotatable bonds is 5. The third-order valence-electron chi connectivity index (χ3n) is 5.30. The summed E-state index contributed by atoms with van der Waals surface area (Å²) >= 11 is 6.21. The van der Waals surface area contributed by atoms with Gasteiger partial charge in [0.1, 0.15) is 5.76 Å². The molecule has 2 aromatic rings. The fraction of sp³-hybridized carbons (Fsp3) is 0.429. The molecule has 0 bridgehead atoms. The molecule has 1 saturated carbocycles. The summed E-state index contributed by atoms with van der Waals surface area (Å²) in [5.74, 6) is 1.26. The lowest BCUT2D eigenvalue weighted by molar-refractivity contribution is -0.126. The van der Waals surface area contributed by atoms with Gasteiger partial charge in [-0.05, 0) is 55.9 Å². The van der Waals surface area contributed by atoms with E-state index in [4.69, 9.17) is 16.0 Å². The van der Waals surface area contributed by atoms with E-state index in [0.717, 1.165) is 24.9 Å². The molecule has 0 unspecified atom stereocenters. The van der Waals surface area contributed by atoms with Crippen LogP contribution >= 0.6 is 11.6 Å². The number of carbonyl (C=O) groups excluding carboxylic acids is 2. The molecule has 1 aliphatic heterocycles. The number of piperidine rings is 1. The fourth-order valence-corrected chi connectivity index (χ4v) is 3.73. The maximum atomic E-state index is 12.8. The second kappa shape index (κ2) is 7.77. The molecule has 142 valence electrons. The molecule has 1 aliphatic carbocycles. The molecule has 6 heteroatoms. The van der Waals surface area contributed by atoms with E-state index in [1.165, 1.54) is 12.8 Å². The first-order valence-corrected chi connectivity index (χ1v) is 9.91. The van der Waals surface area contributed by atoms with Crippen molar-refractivity contribution >= 4 is 23.4 Å². The minimum Gasteiger partial charge on any atom is -0.451 e. The van der Waals surface area contributed by atoms with Crippen LogP contribution in [0, 0.1) is 11.8 Å². The van der Waals surface area contributed by atoms with E-state index in [9.17, 15) is 9.59 Å². The van der Waals surface area contributed by atoms with Crippen molar-refractivity contribution in [3.8, 4) is 11.3 Å². The lowest BCUT2D eigenvalue weighted by atomic mass is 9.97. The molecule has 2 amide bonds. The van der Waals surface area contributed by atoms with Crippen LogP contribution in [0.1, 0.15) is 36.2 Å². The van der Waals surface area contributed by atoms with Crippen molar-refractivity contribution in [2.24, 2.45) is 11.8 Å². The Bertz CT molecular complexity index is 843. The first kappa shape index (κ1) is 18.1.